The molecule has 0 amide bonds. The third kappa shape index (κ3) is 2.77. The van der Waals surface area contributed by atoms with Crippen LogP contribution in [-0.2, 0) is 11.3 Å². The first-order valence-corrected chi connectivity index (χ1v) is 7.93. The lowest BCUT2D eigenvalue weighted by atomic mass is 10.1. The van der Waals surface area contributed by atoms with Crippen LogP contribution in [0, 0.1) is 0 Å². The molecule has 0 radical (unpaired) electrons. The highest BCUT2D eigenvalue weighted by Crippen LogP contribution is 2.28. The average molecular weight is 289 g/mol. The summed E-state index contributed by atoms with van der Waals surface area (Å²) in [6, 6.07) is 6.16. The van der Waals surface area contributed by atoms with Gasteiger partial charge >= 0.3 is 5.97 Å². The minimum atomic E-state index is -0.225. The van der Waals surface area contributed by atoms with Crippen molar-refractivity contribution in [2.24, 2.45) is 0 Å². The van der Waals surface area contributed by atoms with E-state index in [0.717, 1.165) is 24.3 Å². The molecule has 2 aliphatic heterocycles. The molecule has 4 heteroatoms. The van der Waals surface area contributed by atoms with Gasteiger partial charge in [-0.2, -0.15) is 0 Å². The van der Waals surface area contributed by atoms with Crippen LogP contribution in [0.1, 0.15) is 49.0 Å². The molecule has 2 aliphatic rings. The Balaban J connectivity index is 1.74. The van der Waals surface area contributed by atoms with Crippen molar-refractivity contribution in [2.45, 2.75) is 51.9 Å². The highest BCUT2D eigenvalue weighted by Gasteiger charge is 2.31. The van der Waals surface area contributed by atoms with Crippen molar-refractivity contribution in [1.29, 1.82) is 0 Å². The Kier molecular flexibility index (Phi) is 4.15. The summed E-state index contributed by atoms with van der Waals surface area (Å²) in [4.78, 5) is 14.0. The molecule has 2 atom stereocenters. The van der Waals surface area contributed by atoms with Crippen molar-refractivity contribution in [3.8, 4) is 5.75 Å². The minimum absolute atomic E-state index is 0.212. The standard InChI is InChI=1S/C17H23NO3/c1-3-16(15-6-5-9-18(15)4-2)21-13-7-8-14-12(10-13)11-20-17(14)19/h7-8,10,15-16H,3-6,9,11H2,1-2H3. The van der Waals surface area contributed by atoms with E-state index in [1.165, 1.54) is 19.4 Å². The van der Waals surface area contributed by atoms with Gasteiger partial charge in [0.2, 0.25) is 0 Å². The van der Waals surface area contributed by atoms with Gasteiger partial charge in [-0.25, -0.2) is 4.79 Å². The van der Waals surface area contributed by atoms with Gasteiger partial charge in [0.15, 0.2) is 0 Å². The zero-order chi connectivity index (χ0) is 14.8. The van der Waals surface area contributed by atoms with Crippen LogP contribution in [0.2, 0.25) is 0 Å². The van der Waals surface area contributed by atoms with Gasteiger partial charge in [0.25, 0.3) is 0 Å². The molecule has 0 N–H and O–H groups in total. The Morgan fingerprint density at radius 1 is 1.43 bits per heavy atom. The van der Waals surface area contributed by atoms with Crippen molar-refractivity contribution in [3.63, 3.8) is 0 Å². The summed E-state index contributed by atoms with van der Waals surface area (Å²) in [5.41, 5.74) is 1.61. The second-order valence-electron chi connectivity index (χ2n) is 5.80. The number of ether oxygens (including phenoxy) is 2. The van der Waals surface area contributed by atoms with Gasteiger partial charge in [-0.05, 0) is 50.6 Å². The van der Waals surface area contributed by atoms with E-state index in [1.54, 1.807) is 0 Å². The van der Waals surface area contributed by atoms with E-state index in [-0.39, 0.29) is 12.1 Å². The Hall–Kier alpha value is -1.55. The Morgan fingerprint density at radius 2 is 2.29 bits per heavy atom. The Bertz CT molecular complexity index is 529. The van der Waals surface area contributed by atoms with Gasteiger partial charge < -0.3 is 9.47 Å². The fraction of sp³-hybridized carbons (Fsp3) is 0.588. The van der Waals surface area contributed by atoms with Crippen molar-refractivity contribution >= 4 is 5.97 Å². The fourth-order valence-corrected chi connectivity index (χ4v) is 3.46. The predicted molar refractivity (Wildman–Crippen MR) is 80.5 cm³/mol. The van der Waals surface area contributed by atoms with E-state index in [4.69, 9.17) is 9.47 Å². The first-order chi connectivity index (χ1) is 10.2. The molecular weight excluding hydrogens is 266 g/mol. The Morgan fingerprint density at radius 3 is 3.05 bits per heavy atom. The molecule has 114 valence electrons. The number of carbonyl (C=O) groups excluding carboxylic acids is 1. The molecule has 4 nitrogen and oxygen atoms in total. The predicted octanol–water partition coefficient (Wildman–Crippen LogP) is 3.00. The SMILES string of the molecule is CCC(Oc1ccc2c(c1)COC2=O)C1CCCN1CC. The third-order valence-electron chi connectivity index (χ3n) is 4.59. The molecule has 1 fully saturated rings. The first-order valence-electron chi connectivity index (χ1n) is 7.93. The lowest BCUT2D eigenvalue weighted by Gasteiger charge is -2.30. The number of fused-ring (bicyclic) bond motifs is 1. The van der Waals surface area contributed by atoms with Gasteiger partial charge in [0.05, 0.1) is 5.56 Å². The summed E-state index contributed by atoms with van der Waals surface area (Å²) in [5, 5.41) is 0. The molecule has 2 heterocycles. The molecule has 3 rings (SSSR count). The number of hydrogen-bond donors (Lipinski definition) is 0. The van der Waals surface area contributed by atoms with E-state index in [2.05, 4.69) is 18.7 Å². The van der Waals surface area contributed by atoms with Crippen LogP contribution >= 0.6 is 0 Å². The molecule has 0 aliphatic carbocycles. The van der Waals surface area contributed by atoms with Gasteiger partial charge in [-0.1, -0.05) is 13.8 Å². The number of nitrogens with zero attached hydrogens (tertiary/aromatic N) is 1. The average Bonchev–Trinajstić information content (AvgIpc) is 3.11. The smallest absolute Gasteiger partial charge is 0.338 e. The number of likely N-dealkylation sites (N-methyl/N-ethyl adjacent to an activating group) is 1. The normalized spacial score (nSPS) is 23.0. The van der Waals surface area contributed by atoms with Gasteiger partial charge in [0.1, 0.15) is 18.5 Å². The number of carbonyl (C=O) groups is 1. The van der Waals surface area contributed by atoms with Crippen LogP contribution < -0.4 is 4.74 Å². The topological polar surface area (TPSA) is 38.8 Å². The molecule has 1 aromatic rings. The van der Waals surface area contributed by atoms with Crippen molar-refractivity contribution in [2.75, 3.05) is 13.1 Å². The largest absolute Gasteiger partial charge is 0.489 e. The number of hydrogen-bond acceptors (Lipinski definition) is 4. The zero-order valence-corrected chi connectivity index (χ0v) is 12.8. The van der Waals surface area contributed by atoms with E-state index in [1.807, 2.05) is 18.2 Å². The summed E-state index contributed by atoms with van der Waals surface area (Å²) in [5.74, 6) is 0.624. The summed E-state index contributed by atoms with van der Waals surface area (Å²) >= 11 is 0. The van der Waals surface area contributed by atoms with Crippen LogP contribution in [0.15, 0.2) is 18.2 Å². The van der Waals surface area contributed by atoms with Crippen molar-refractivity contribution in [3.05, 3.63) is 29.3 Å². The van der Waals surface area contributed by atoms with E-state index in [9.17, 15) is 4.79 Å². The summed E-state index contributed by atoms with van der Waals surface area (Å²) < 4.78 is 11.3. The van der Waals surface area contributed by atoms with Crippen LogP contribution in [0.4, 0.5) is 0 Å². The maximum atomic E-state index is 11.5. The molecule has 21 heavy (non-hydrogen) atoms. The van der Waals surface area contributed by atoms with Crippen molar-refractivity contribution in [1.82, 2.24) is 4.90 Å². The molecule has 0 bridgehead atoms. The molecule has 1 saturated heterocycles. The third-order valence-corrected chi connectivity index (χ3v) is 4.59. The molecule has 0 saturated carbocycles. The van der Waals surface area contributed by atoms with Gasteiger partial charge in [0, 0.05) is 11.6 Å². The lowest BCUT2D eigenvalue weighted by molar-refractivity contribution is 0.0535. The van der Waals surface area contributed by atoms with Crippen LogP contribution in [0.3, 0.4) is 0 Å². The number of esters is 1. The maximum Gasteiger partial charge on any atom is 0.338 e. The number of cyclic esters (lactones) is 1. The molecular formula is C17H23NO3. The fourth-order valence-electron chi connectivity index (χ4n) is 3.46. The van der Waals surface area contributed by atoms with E-state index in [0.29, 0.717) is 18.2 Å². The summed E-state index contributed by atoms with van der Waals surface area (Å²) in [6.45, 7) is 7.01. The number of likely N-dealkylation sites (tertiary alicyclic amines) is 1. The maximum absolute atomic E-state index is 11.5. The van der Waals surface area contributed by atoms with Crippen LogP contribution in [-0.4, -0.2) is 36.1 Å². The van der Waals surface area contributed by atoms with Gasteiger partial charge in [-0.15, -0.1) is 0 Å². The van der Waals surface area contributed by atoms with Crippen LogP contribution in [0.25, 0.3) is 0 Å². The van der Waals surface area contributed by atoms with E-state index >= 15 is 0 Å². The highest BCUT2D eigenvalue weighted by atomic mass is 16.5. The highest BCUT2D eigenvalue weighted by molar-refractivity contribution is 5.93. The summed E-state index contributed by atoms with van der Waals surface area (Å²) in [7, 11) is 0. The number of rotatable bonds is 5. The molecule has 0 spiro atoms. The van der Waals surface area contributed by atoms with Crippen molar-refractivity contribution < 1.29 is 14.3 Å². The van der Waals surface area contributed by atoms with E-state index < -0.39 is 0 Å². The second kappa shape index (κ2) is 6.06. The van der Waals surface area contributed by atoms with Gasteiger partial charge in [-0.3, -0.25) is 4.90 Å². The number of benzene rings is 1. The second-order valence-corrected chi connectivity index (χ2v) is 5.80. The molecule has 0 aromatic heterocycles. The zero-order valence-electron chi connectivity index (χ0n) is 12.8. The summed E-state index contributed by atoms with van der Waals surface area (Å²) in [6.07, 6.45) is 3.67. The Labute approximate surface area is 126 Å². The quantitative estimate of drug-likeness (QED) is 0.781. The first kappa shape index (κ1) is 14.4. The van der Waals surface area contributed by atoms with Crippen LogP contribution in [0.5, 0.6) is 5.75 Å². The molecule has 2 unspecified atom stereocenters. The minimum Gasteiger partial charge on any atom is -0.489 e. The monoisotopic (exact) mass is 289 g/mol. The molecule has 1 aromatic carbocycles. The lowest BCUT2D eigenvalue weighted by Crippen LogP contribution is -2.41.